The Morgan fingerprint density at radius 3 is 1.89 bits per heavy atom. The molecule has 0 aromatic rings. The lowest BCUT2D eigenvalue weighted by molar-refractivity contribution is -0.115. The highest BCUT2D eigenvalue weighted by molar-refractivity contribution is 7.81. The average Bonchev–Trinajstić information content (AvgIpc) is 1.62. The van der Waals surface area contributed by atoms with E-state index in [1.54, 1.807) is 0 Å². The zero-order chi connectivity index (χ0) is 7.65. The van der Waals surface area contributed by atoms with E-state index in [0.29, 0.717) is 0 Å². The molecule has 0 aromatic carbocycles. The van der Waals surface area contributed by atoms with E-state index >= 15 is 0 Å². The van der Waals surface area contributed by atoms with E-state index in [1.165, 1.54) is 0 Å². The molecule has 0 fully saturated rings. The standard InChI is InChI=1S/C2H2ClF3O2S/c3-1(9(7)8)2(4,5)6/h1H,(H,7,8)/t1-/m0/s1. The molecular formula is C2H2ClF3O2S. The fourth-order valence-corrected chi connectivity index (χ4v) is 0.343. The predicted molar refractivity (Wildman–Crippen MR) is 26.5 cm³/mol. The van der Waals surface area contributed by atoms with Gasteiger partial charge in [-0.15, -0.1) is 0 Å². The van der Waals surface area contributed by atoms with Gasteiger partial charge in [-0.25, -0.2) is 4.21 Å². The summed E-state index contributed by atoms with van der Waals surface area (Å²) in [4.78, 5) is 0. The SMILES string of the molecule is O=S(O)[C@H](Cl)C(F)(F)F. The molecule has 2 nitrogen and oxygen atoms in total. The lowest BCUT2D eigenvalue weighted by atomic mass is 10.8. The summed E-state index contributed by atoms with van der Waals surface area (Å²) in [5.74, 6) is 0. The van der Waals surface area contributed by atoms with E-state index in [2.05, 4.69) is 11.6 Å². The van der Waals surface area contributed by atoms with Crippen molar-refractivity contribution in [2.75, 3.05) is 0 Å². The molecule has 0 aliphatic rings. The molecule has 1 N–H and O–H groups in total. The molecule has 0 radical (unpaired) electrons. The first-order valence-electron chi connectivity index (χ1n) is 1.66. The van der Waals surface area contributed by atoms with E-state index in [9.17, 15) is 17.4 Å². The number of rotatable bonds is 1. The molecule has 9 heavy (non-hydrogen) atoms. The highest BCUT2D eigenvalue weighted by Crippen LogP contribution is 2.26. The van der Waals surface area contributed by atoms with Crippen LogP contribution in [-0.2, 0) is 11.1 Å². The van der Waals surface area contributed by atoms with Gasteiger partial charge in [0, 0.05) is 0 Å². The molecule has 0 saturated carbocycles. The van der Waals surface area contributed by atoms with E-state index in [0.717, 1.165) is 0 Å². The Morgan fingerprint density at radius 2 is 1.89 bits per heavy atom. The zero-order valence-electron chi connectivity index (χ0n) is 3.85. The van der Waals surface area contributed by atoms with Crippen molar-refractivity contribution in [3.8, 4) is 0 Å². The van der Waals surface area contributed by atoms with Gasteiger partial charge in [-0.3, -0.25) is 0 Å². The Kier molecular flexibility index (Phi) is 2.91. The fourth-order valence-electron chi connectivity index (χ4n) is 0.114. The molecule has 0 bridgehead atoms. The van der Waals surface area contributed by atoms with E-state index < -0.39 is 22.0 Å². The van der Waals surface area contributed by atoms with Gasteiger partial charge in [0.05, 0.1) is 0 Å². The van der Waals surface area contributed by atoms with E-state index in [-0.39, 0.29) is 0 Å². The van der Waals surface area contributed by atoms with Crippen molar-refractivity contribution in [1.82, 2.24) is 0 Å². The largest absolute Gasteiger partial charge is 0.418 e. The van der Waals surface area contributed by atoms with Crippen LogP contribution in [0.4, 0.5) is 13.2 Å². The summed E-state index contributed by atoms with van der Waals surface area (Å²) in [5, 5.41) is 0. The van der Waals surface area contributed by atoms with Crippen LogP contribution in [0.1, 0.15) is 0 Å². The van der Waals surface area contributed by atoms with Gasteiger partial charge in [0.2, 0.25) is 4.71 Å². The van der Waals surface area contributed by atoms with Crippen LogP contribution in [0.2, 0.25) is 0 Å². The van der Waals surface area contributed by atoms with Crippen LogP contribution in [-0.4, -0.2) is 19.6 Å². The maximum absolute atomic E-state index is 11.2. The molecule has 0 aliphatic carbocycles. The Labute approximate surface area is 56.3 Å². The second kappa shape index (κ2) is 2.85. The number of halogens is 4. The predicted octanol–water partition coefficient (Wildman–Crippen LogP) is 1.34. The third-order valence-corrected chi connectivity index (χ3v) is 1.76. The van der Waals surface area contributed by atoms with Crippen LogP contribution in [0.5, 0.6) is 0 Å². The van der Waals surface area contributed by atoms with Crippen LogP contribution in [0.25, 0.3) is 0 Å². The van der Waals surface area contributed by atoms with Gasteiger partial charge in [-0.05, 0) is 0 Å². The summed E-state index contributed by atoms with van der Waals surface area (Å²) in [6.07, 6.45) is -4.80. The average molecular weight is 183 g/mol. The number of hydrogen-bond donors (Lipinski definition) is 1. The highest BCUT2D eigenvalue weighted by Gasteiger charge is 2.42. The van der Waals surface area contributed by atoms with Gasteiger partial charge in [0.25, 0.3) is 0 Å². The first-order valence-corrected chi connectivity index (χ1v) is 3.27. The van der Waals surface area contributed by atoms with Crippen LogP contribution < -0.4 is 0 Å². The van der Waals surface area contributed by atoms with Gasteiger partial charge < -0.3 is 4.55 Å². The number of hydrogen-bond acceptors (Lipinski definition) is 1. The third-order valence-electron chi connectivity index (χ3n) is 0.434. The molecule has 2 atom stereocenters. The normalized spacial score (nSPS) is 19.2. The minimum atomic E-state index is -4.80. The topological polar surface area (TPSA) is 37.3 Å². The maximum atomic E-state index is 11.2. The molecule has 0 aromatic heterocycles. The summed E-state index contributed by atoms with van der Waals surface area (Å²) in [6, 6.07) is 0. The Balaban J connectivity index is 4.04. The molecule has 1 unspecified atom stereocenters. The monoisotopic (exact) mass is 182 g/mol. The summed E-state index contributed by atoms with van der Waals surface area (Å²) in [5.41, 5.74) is 0. The highest BCUT2D eigenvalue weighted by atomic mass is 35.5. The van der Waals surface area contributed by atoms with Gasteiger partial charge >= 0.3 is 6.18 Å². The Morgan fingerprint density at radius 1 is 1.56 bits per heavy atom. The van der Waals surface area contributed by atoms with Crippen molar-refractivity contribution < 1.29 is 21.9 Å². The molecule has 0 spiro atoms. The fraction of sp³-hybridized carbons (Fsp3) is 1.00. The first-order chi connectivity index (χ1) is 3.85. The minimum absolute atomic E-state index is 2.68. The Hall–Kier alpha value is 0.190. The van der Waals surface area contributed by atoms with Crippen LogP contribution in [0.15, 0.2) is 0 Å². The van der Waals surface area contributed by atoms with Gasteiger partial charge in [0.1, 0.15) is 0 Å². The van der Waals surface area contributed by atoms with Crippen molar-refractivity contribution >= 4 is 22.7 Å². The first kappa shape index (κ1) is 9.19. The molecule has 0 saturated heterocycles. The summed E-state index contributed by atoms with van der Waals surface area (Å²) in [6.45, 7) is 0. The maximum Gasteiger partial charge on any atom is 0.418 e. The van der Waals surface area contributed by atoms with Crippen LogP contribution in [0.3, 0.4) is 0 Å². The smallest absolute Gasteiger partial charge is 0.305 e. The Bertz CT molecular complexity index is 123. The molecule has 56 valence electrons. The van der Waals surface area contributed by atoms with E-state index in [1.807, 2.05) is 0 Å². The molecule has 0 amide bonds. The summed E-state index contributed by atoms with van der Waals surface area (Å²) in [7, 11) is 0. The van der Waals surface area contributed by atoms with Crippen molar-refractivity contribution in [1.29, 1.82) is 0 Å². The molecule has 0 heterocycles. The van der Waals surface area contributed by atoms with E-state index in [4.69, 9.17) is 4.55 Å². The molecular weight excluding hydrogens is 181 g/mol. The molecule has 0 aliphatic heterocycles. The molecule has 0 rings (SSSR count). The minimum Gasteiger partial charge on any atom is -0.305 e. The summed E-state index contributed by atoms with van der Waals surface area (Å²) >= 11 is 1.38. The van der Waals surface area contributed by atoms with Crippen molar-refractivity contribution in [2.24, 2.45) is 0 Å². The number of alkyl halides is 4. The lowest BCUT2D eigenvalue weighted by Crippen LogP contribution is -2.27. The van der Waals surface area contributed by atoms with Crippen molar-refractivity contribution in [2.45, 2.75) is 10.9 Å². The van der Waals surface area contributed by atoms with Crippen molar-refractivity contribution in [3.63, 3.8) is 0 Å². The second-order valence-corrected chi connectivity index (χ2v) is 2.85. The lowest BCUT2D eigenvalue weighted by Gasteiger charge is -2.07. The third kappa shape index (κ3) is 3.02. The summed E-state index contributed by atoms with van der Waals surface area (Å²) < 4.78 is 48.3. The van der Waals surface area contributed by atoms with Crippen molar-refractivity contribution in [3.05, 3.63) is 0 Å². The quantitative estimate of drug-likeness (QED) is 0.491. The zero-order valence-corrected chi connectivity index (χ0v) is 5.43. The molecule has 7 heteroatoms. The van der Waals surface area contributed by atoms with Crippen LogP contribution >= 0.6 is 11.6 Å². The van der Waals surface area contributed by atoms with Gasteiger partial charge in [-0.1, -0.05) is 11.6 Å². The van der Waals surface area contributed by atoms with Gasteiger partial charge in [0.15, 0.2) is 11.1 Å². The second-order valence-electron chi connectivity index (χ2n) is 1.13. The van der Waals surface area contributed by atoms with Gasteiger partial charge in [-0.2, -0.15) is 13.2 Å². The van der Waals surface area contributed by atoms with Crippen LogP contribution in [0, 0.1) is 0 Å².